The molecule has 0 aliphatic carbocycles. The summed E-state index contributed by atoms with van der Waals surface area (Å²) in [7, 11) is 5.27. The van der Waals surface area contributed by atoms with Crippen LogP contribution in [0.1, 0.15) is 41.5 Å². The second kappa shape index (κ2) is 8.06. The van der Waals surface area contributed by atoms with Crippen LogP contribution >= 0.6 is 11.1 Å². The Kier molecular flexibility index (Phi) is 7.71. The molecule has 0 aromatic carbocycles. The topological polar surface area (TPSA) is 49.7 Å². The summed E-state index contributed by atoms with van der Waals surface area (Å²) in [6.45, 7) is 12.1. The van der Waals surface area contributed by atoms with Crippen LogP contribution < -0.4 is 0 Å². The SMILES string of the molecule is CN(C)/N=C(/O[Si](Cl)O/C(=N/N(C)C)C(C)(C)C)C(C)(C)C. The third kappa shape index (κ3) is 8.48. The molecule has 1 radical (unpaired) electrons. The van der Waals surface area contributed by atoms with Gasteiger partial charge in [0.25, 0.3) is 0 Å². The first-order chi connectivity index (χ1) is 9.73. The van der Waals surface area contributed by atoms with Gasteiger partial charge in [-0.15, -0.1) is 10.2 Å². The fourth-order valence-corrected chi connectivity index (χ4v) is 2.66. The van der Waals surface area contributed by atoms with Crippen molar-refractivity contribution in [2.24, 2.45) is 21.0 Å². The van der Waals surface area contributed by atoms with Crippen molar-refractivity contribution < 1.29 is 8.85 Å². The van der Waals surface area contributed by atoms with Gasteiger partial charge >= 0.3 is 8.59 Å². The molecule has 0 amide bonds. The summed E-state index contributed by atoms with van der Waals surface area (Å²) in [6.07, 6.45) is 0. The van der Waals surface area contributed by atoms with Crippen molar-refractivity contribution in [1.29, 1.82) is 0 Å². The molecule has 0 aromatic rings. The second-order valence-electron chi connectivity index (χ2n) is 7.45. The maximum absolute atomic E-state index is 6.31. The van der Waals surface area contributed by atoms with E-state index in [4.69, 9.17) is 19.9 Å². The first-order valence-corrected chi connectivity index (χ1v) is 9.47. The zero-order chi connectivity index (χ0) is 17.7. The molecule has 0 aliphatic rings. The van der Waals surface area contributed by atoms with Crippen molar-refractivity contribution in [2.45, 2.75) is 41.5 Å². The summed E-state index contributed by atoms with van der Waals surface area (Å²) in [5.41, 5.74) is -0.530. The number of halogens is 1. The predicted molar refractivity (Wildman–Crippen MR) is 94.9 cm³/mol. The highest BCUT2D eigenvalue weighted by molar-refractivity contribution is 7.00. The van der Waals surface area contributed by atoms with Crippen LogP contribution in [0.15, 0.2) is 10.2 Å². The Morgan fingerprint density at radius 2 is 1.05 bits per heavy atom. The van der Waals surface area contributed by atoms with Gasteiger partial charge in [-0.25, -0.2) is 0 Å². The molecule has 0 aliphatic heterocycles. The molecule has 129 valence electrons. The van der Waals surface area contributed by atoms with Crippen molar-refractivity contribution in [3.8, 4) is 0 Å². The minimum absolute atomic E-state index is 0.265. The highest BCUT2D eigenvalue weighted by Crippen LogP contribution is 2.22. The number of rotatable bonds is 4. The summed E-state index contributed by atoms with van der Waals surface area (Å²) < 4.78 is 11.6. The van der Waals surface area contributed by atoms with Crippen molar-refractivity contribution >= 4 is 31.5 Å². The molecule has 0 atom stereocenters. The van der Waals surface area contributed by atoms with Gasteiger partial charge < -0.3 is 8.85 Å². The number of hydrogen-bond donors (Lipinski definition) is 0. The van der Waals surface area contributed by atoms with Gasteiger partial charge in [0.1, 0.15) is 0 Å². The molecular formula is C14H30ClN4O2Si. The second-order valence-corrected chi connectivity index (χ2v) is 9.26. The Bertz CT molecular complexity index is 374. The summed E-state index contributed by atoms with van der Waals surface area (Å²) in [5.74, 6) is 1.08. The van der Waals surface area contributed by atoms with Crippen LogP contribution in [-0.4, -0.2) is 58.6 Å². The van der Waals surface area contributed by atoms with Gasteiger partial charge in [-0.05, 0) is 0 Å². The van der Waals surface area contributed by atoms with Crippen molar-refractivity contribution in [3.05, 3.63) is 0 Å². The van der Waals surface area contributed by atoms with Gasteiger partial charge in [0.05, 0.1) is 0 Å². The highest BCUT2D eigenvalue weighted by atomic mass is 35.6. The first kappa shape index (κ1) is 21.0. The average Bonchev–Trinajstić information content (AvgIpc) is 2.23. The van der Waals surface area contributed by atoms with Crippen LogP contribution in [0.3, 0.4) is 0 Å². The molecule has 22 heavy (non-hydrogen) atoms. The number of nitrogens with zero attached hydrogens (tertiary/aromatic N) is 4. The summed E-state index contributed by atoms with van der Waals surface area (Å²) in [6, 6.07) is 0. The predicted octanol–water partition coefficient (Wildman–Crippen LogP) is 3.09. The van der Waals surface area contributed by atoms with E-state index in [0.717, 1.165) is 0 Å². The van der Waals surface area contributed by atoms with Crippen molar-refractivity contribution in [3.63, 3.8) is 0 Å². The van der Waals surface area contributed by atoms with E-state index in [1.165, 1.54) is 0 Å². The molecule has 0 unspecified atom stereocenters. The lowest BCUT2D eigenvalue weighted by Gasteiger charge is -2.27. The van der Waals surface area contributed by atoms with Crippen LogP contribution in [0.2, 0.25) is 0 Å². The van der Waals surface area contributed by atoms with E-state index in [9.17, 15) is 0 Å². The molecule has 0 aromatic heterocycles. The Balaban J connectivity index is 5.14. The average molecular weight is 350 g/mol. The van der Waals surface area contributed by atoms with E-state index in [1.54, 1.807) is 10.0 Å². The lowest BCUT2D eigenvalue weighted by atomic mass is 9.97. The van der Waals surface area contributed by atoms with Gasteiger partial charge in [0.15, 0.2) is 0 Å². The van der Waals surface area contributed by atoms with E-state index in [2.05, 4.69) is 10.2 Å². The summed E-state index contributed by atoms with van der Waals surface area (Å²) in [4.78, 5) is 0. The van der Waals surface area contributed by atoms with Crippen LogP contribution in [0.4, 0.5) is 0 Å². The van der Waals surface area contributed by atoms with Crippen molar-refractivity contribution in [1.82, 2.24) is 10.0 Å². The maximum atomic E-state index is 6.31. The Morgan fingerprint density at radius 1 is 0.773 bits per heavy atom. The quantitative estimate of drug-likeness (QED) is 0.257. The van der Waals surface area contributed by atoms with E-state index in [1.807, 2.05) is 69.7 Å². The van der Waals surface area contributed by atoms with Gasteiger partial charge in [0.2, 0.25) is 11.8 Å². The number of hydrogen-bond acceptors (Lipinski definition) is 6. The maximum Gasteiger partial charge on any atom is 0.659 e. The third-order valence-electron chi connectivity index (χ3n) is 2.22. The Morgan fingerprint density at radius 3 is 1.23 bits per heavy atom. The molecule has 0 spiro atoms. The molecule has 8 heteroatoms. The molecule has 0 fully saturated rings. The third-order valence-corrected chi connectivity index (χ3v) is 3.39. The molecule has 0 saturated carbocycles. The lowest BCUT2D eigenvalue weighted by Crippen LogP contribution is -2.36. The van der Waals surface area contributed by atoms with E-state index >= 15 is 0 Å². The molecule has 0 rings (SSSR count). The van der Waals surface area contributed by atoms with Crippen molar-refractivity contribution in [2.75, 3.05) is 28.2 Å². The monoisotopic (exact) mass is 349 g/mol. The molecular weight excluding hydrogens is 320 g/mol. The first-order valence-electron chi connectivity index (χ1n) is 7.14. The molecule has 0 saturated heterocycles. The van der Waals surface area contributed by atoms with Crippen LogP contribution in [-0.2, 0) is 8.85 Å². The minimum Gasteiger partial charge on any atom is -0.485 e. The minimum atomic E-state index is -2.08. The molecule has 0 bridgehead atoms. The van der Waals surface area contributed by atoms with Gasteiger partial charge in [-0.2, -0.15) is 0 Å². The Labute approximate surface area is 141 Å². The zero-order valence-corrected chi connectivity index (χ0v) is 17.2. The zero-order valence-electron chi connectivity index (χ0n) is 15.5. The van der Waals surface area contributed by atoms with E-state index < -0.39 is 8.59 Å². The molecule has 0 heterocycles. The standard InChI is InChI=1S/C14H30ClN4O2Si/c1-13(2,3)11(16-18(7)8)20-22(15)21-12(14(4,5)6)17-19(9)10/h1-10H3/b16-11+,17-12+. The normalized spacial score (nSPS) is 14.2. The highest BCUT2D eigenvalue weighted by Gasteiger charge is 2.32. The lowest BCUT2D eigenvalue weighted by molar-refractivity contribution is 0.320. The smallest absolute Gasteiger partial charge is 0.485 e. The fraction of sp³-hybridized carbons (Fsp3) is 0.857. The summed E-state index contributed by atoms with van der Waals surface area (Å²) >= 11 is 6.31. The largest absolute Gasteiger partial charge is 0.659 e. The van der Waals surface area contributed by atoms with Crippen LogP contribution in [0.25, 0.3) is 0 Å². The van der Waals surface area contributed by atoms with E-state index in [-0.39, 0.29) is 10.8 Å². The Hall–Kier alpha value is -0.953. The van der Waals surface area contributed by atoms with Crippen LogP contribution in [0.5, 0.6) is 0 Å². The van der Waals surface area contributed by atoms with Crippen LogP contribution in [0, 0.1) is 10.8 Å². The van der Waals surface area contributed by atoms with Gasteiger partial charge in [0, 0.05) is 39.0 Å². The molecule has 6 nitrogen and oxygen atoms in total. The van der Waals surface area contributed by atoms with Gasteiger partial charge in [-0.3, -0.25) is 10.0 Å². The molecule has 0 N–H and O–H groups in total. The van der Waals surface area contributed by atoms with Gasteiger partial charge in [-0.1, -0.05) is 52.6 Å². The fourth-order valence-electron chi connectivity index (χ4n) is 1.18. The summed E-state index contributed by atoms with van der Waals surface area (Å²) in [5, 5.41) is 12.1. The number of hydrazone groups is 2. The van der Waals surface area contributed by atoms with E-state index in [0.29, 0.717) is 11.8 Å².